The van der Waals surface area contributed by atoms with Crippen molar-refractivity contribution in [1.82, 2.24) is 4.98 Å². The molecule has 0 radical (unpaired) electrons. The number of carbonyl (C=O) groups is 1. The van der Waals surface area contributed by atoms with Crippen LogP contribution in [0.25, 0.3) is 0 Å². The molecule has 1 aromatic heterocycles. The smallest absolute Gasteiger partial charge is 0.311 e. The summed E-state index contributed by atoms with van der Waals surface area (Å²) in [6, 6.07) is 0. The molecule has 1 aliphatic rings. The summed E-state index contributed by atoms with van der Waals surface area (Å²) in [6.07, 6.45) is 4.81. The van der Waals surface area contributed by atoms with E-state index in [0.717, 1.165) is 12.8 Å². The minimum absolute atomic E-state index is 0.0523. The number of carboxylic acids is 1. The van der Waals surface area contributed by atoms with Gasteiger partial charge in [0.2, 0.25) is 0 Å². The van der Waals surface area contributed by atoms with E-state index < -0.39 is 5.97 Å². The zero-order valence-electron chi connectivity index (χ0n) is 8.12. The Morgan fingerprint density at radius 1 is 1.71 bits per heavy atom. The Bertz CT molecular complexity index is 352. The number of rotatable bonds is 3. The molecule has 1 aromatic rings. The van der Waals surface area contributed by atoms with E-state index in [9.17, 15) is 4.79 Å². The van der Waals surface area contributed by atoms with Gasteiger partial charge in [-0.3, -0.25) is 4.79 Å². The minimum atomic E-state index is -0.883. The van der Waals surface area contributed by atoms with Crippen molar-refractivity contribution in [2.24, 2.45) is 0 Å². The lowest BCUT2D eigenvalue weighted by molar-refractivity contribution is -0.136. The second-order valence-corrected chi connectivity index (χ2v) is 4.12. The normalized spacial score (nSPS) is 18.9. The molecule has 0 amide bonds. The lowest BCUT2D eigenvalue weighted by Gasteiger charge is -2.34. The molecule has 0 spiro atoms. The molecule has 0 bridgehead atoms. The van der Waals surface area contributed by atoms with Gasteiger partial charge in [-0.1, -0.05) is 13.3 Å². The van der Waals surface area contributed by atoms with E-state index in [1.165, 1.54) is 12.6 Å². The molecule has 76 valence electrons. The first-order valence-electron chi connectivity index (χ1n) is 4.77. The molecule has 0 unspecified atom stereocenters. The Balaban J connectivity index is 2.13. The van der Waals surface area contributed by atoms with Gasteiger partial charge in [0, 0.05) is 5.41 Å². The zero-order chi connectivity index (χ0) is 10.2. The van der Waals surface area contributed by atoms with Crippen molar-refractivity contribution in [1.29, 1.82) is 0 Å². The van der Waals surface area contributed by atoms with E-state index in [0.29, 0.717) is 11.7 Å². The van der Waals surface area contributed by atoms with Gasteiger partial charge in [-0.05, 0) is 12.8 Å². The van der Waals surface area contributed by atoms with Crippen LogP contribution in [0.15, 0.2) is 10.6 Å². The topological polar surface area (TPSA) is 63.3 Å². The van der Waals surface area contributed by atoms with Crippen molar-refractivity contribution < 1.29 is 14.3 Å². The maximum Gasteiger partial charge on any atom is 0.311 e. The molecule has 1 aliphatic carbocycles. The average Bonchev–Trinajstić information content (AvgIpc) is 2.47. The lowest BCUT2D eigenvalue weighted by Crippen LogP contribution is -2.30. The Morgan fingerprint density at radius 3 is 2.93 bits per heavy atom. The number of nitrogens with zero attached hydrogens (tertiary/aromatic N) is 1. The predicted molar refractivity (Wildman–Crippen MR) is 49.0 cm³/mol. The van der Waals surface area contributed by atoms with E-state index in [2.05, 4.69) is 11.9 Å². The van der Waals surface area contributed by atoms with Gasteiger partial charge in [-0.2, -0.15) is 0 Å². The molecule has 0 saturated heterocycles. The highest BCUT2D eigenvalue weighted by molar-refractivity contribution is 5.69. The van der Waals surface area contributed by atoms with E-state index in [4.69, 9.17) is 9.52 Å². The van der Waals surface area contributed by atoms with Crippen LogP contribution in [0, 0.1) is 0 Å². The molecule has 0 aromatic carbocycles. The summed E-state index contributed by atoms with van der Waals surface area (Å²) in [4.78, 5) is 14.6. The standard InChI is InChI=1S/C10H13NO3/c1-10(3-2-4-10)9-11-6-7(14-9)5-8(12)13/h6H,2-5H2,1H3,(H,12,13). The molecule has 0 aliphatic heterocycles. The Morgan fingerprint density at radius 2 is 2.43 bits per heavy atom. The van der Waals surface area contributed by atoms with Crippen molar-refractivity contribution in [3.8, 4) is 0 Å². The van der Waals surface area contributed by atoms with Crippen LogP contribution in [-0.2, 0) is 16.6 Å². The van der Waals surface area contributed by atoms with Crippen molar-refractivity contribution in [2.75, 3.05) is 0 Å². The first-order valence-corrected chi connectivity index (χ1v) is 4.77. The zero-order valence-corrected chi connectivity index (χ0v) is 8.12. The predicted octanol–water partition coefficient (Wildman–Crippen LogP) is 1.74. The molecule has 1 fully saturated rings. The van der Waals surface area contributed by atoms with Gasteiger partial charge >= 0.3 is 5.97 Å². The summed E-state index contributed by atoms with van der Waals surface area (Å²) in [5, 5.41) is 8.56. The van der Waals surface area contributed by atoms with Crippen LogP contribution in [0.3, 0.4) is 0 Å². The van der Waals surface area contributed by atoms with Gasteiger partial charge in [0.05, 0.1) is 6.20 Å². The number of aliphatic carboxylic acids is 1. The van der Waals surface area contributed by atoms with Crippen LogP contribution >= 0.6 is 0 Å². The highest BCUT2D eigenvalue weighted by Gasteiger charge is 2.38. The Hall–Kier alpha value is -1.32. The second-order valence-electron chi connectivity index (χ2n) is 4.12. The van der Waals surface area contributed by atoms with Crippen LogP contribution in [0.5, 0.6) is 0 Å². The monoisotopic (exact) mass is 195 g/mol. The largest absolute Gasteiger partial charge is 0.481 e. The van der Waals surface area contributed by atoms with Gasteiger partial charge in [-0.25, -0.2) is 4.98 Å². The number of hydrogen-bond acceptors (Lipinski definition) is 3. The molecular formula is C10H13NO3. The van der Waals surface area contributed by atoms with E-state index >= 15 is 0 Å². The molecule has 1 N–H and O–H groups in total. The van der Waals surface area contributed by atoms with Crippen molar-refractivity contribution in [2.45, 2.75) is 38.0 Å². The molecule has 2 rings (SSSR count). The summed E-state index contributed by atoms with van der Waals surface area (Å²) in [5.41, 5.74) is 0.0523. The van der Waals surface area contributed by atoms with Gasteiger partial charge in [0.25, 0.3) is 0 Å². The summed E-state index contributed by atoms with van der Waals surface area (Å²) >= 11 is 0. The molecule has 4 heteroatoms. The van der Waals surface area contributed by atoms with Crippen LogP contribution in [0.2, 0.25) is 0 Å². The first kappa shape index (κ1) is 9.24. The van der Waals surface area contributed by atoms with Crippen LogP contribution in [0.1, 0.15) is 37.8 Å². The molecule has 14 heavy (non-hydrogen) atoms. The van der Waals surface area contributed by atoms with E-state index in [1.807, 2.05) is 0 Å². The summed E-state index contributed by atoms with van der Waals surface area (Å²) < 4.78 is 5.41. The van der Waals surface area contributed by atoms with E-state index in [-0.39, 0.29) is 11.8 Å². The third-order valence-corrected chi connectivity index (χ3v) is 2.85. The van der Waals surface area contributed by atoms with Crippen LogP contribution in [-0.4, -0.2) is 16.1 Å². The fourth-order valence-corrected chi connectivity index (χ4v) is 1.74. The summed E-state index contributed by atoms with van der Waals surface area (Å²) in [7, 11) is 0. The highest BCUT2D eigenvalue weighted by atomic mass is 16.4. The molecule has 0 atom stereocenters. The Kier molecular flexibility index (Phi) is 2.06. The summed E-state index contributed by atoms with van der Waals surface area (Å²) in [5.74, 6) is 0.257. The van der Waals surface area contributed by atoms with Crippen molar-refractivity contribution >= 4 is 5.97 Å². The fraction of sp³-hybridized carbons (Fsp3) is 0.600. The highest BCUT2D eigenvalue weighted by Crippen LogP contribution is 2.42. The van der Waals surface area contributed by atoms with Gasteiger partial charge in [0.1, 0.15) is 12.2 Å². The molecular weight excluding hydrogens is 182 g/mol. The Labute approximate surface area is 81.9 Å². The lowest BCUT2D eigenvalue weighted by atomic mass is 9.70. The number of hydrogen-bond donors (Lipinski definition) is 1. The molecule has 1 heterocycles. The maximum absolute atomic E-state index is 10.4. The number of aromatic nitrogens is 1. The quantitative estimate of drug-likeness (QED) is 0.797. The third kappa shape index (κ3) is 1.52. The fourth-order valence-electron chi connectivity index (χ4n) is 1.74. The molecule has 4 nitrogen and oxygen atoms in total. The number of carboxylic acid groups (broad SMARTS) is 1. The van der Waals surface area contributed by atoms with E-state index in [1.54, 1.807) is 0 Å². The third-order valence-electron chi connectivity index (χ3n) is 2.85. The minimum Gasteiger partial charge on any atom is -0.481 e. The summed E-state index contributed by atoms with van der Waals surface area (Å²) in [6.45, 7) is 2.10. The van der Waals surface area contributed by atoms with Gasteiger partial charge < -0.3 is 9.52 Å². The number of oxazole rings is 1. The van der Waals surface area contributed by atoms with Gasteiger partial charge in [-0.15, -0.1) is 0 Å². The first-order chi connectivity index (χ1) is 6.60. The maximum atomic E-state index is 10.4. The second kappa shape index (κ2) is 3.12. The molecule has 1 saturated carbocycles. The van der Waals surface area contributed by atoms with Crippen molar-refractivity contribution in [3.05, 3.63) is 17.8 Å². The SMILES string of the molecule is CC1(c2ncc(CC(=O)O)o2)CCC1. The average molecular weight is 195 g/mol. The van der Waals surface area contributed by atoms with Crippen LogP contribution in [0.4, 0.5) is 0 Å². The van der Waals surface area contributed by atoms with Gasteiger partial charge in [0.15, 0.2) is 5.89 Å². The van der Waals surface area contributed by atoms with Crippen LogP contribution < -0.4 is 0 Å². The van der Waals surface area contributed by atoms with Crippen molar-refractivity contribution in [3.63, 3.8) is 0 Å².